The predicted octanol–water partition coefficient (Wildman–Crippen LogP) is 2.18. The lowest BCUT2D eigenvalue weighted by Crippen LogP contribution is -2.20. The number of aromatic amines is 1. The van der Waals surface area contributed by atoms with Crippen molar-refractivity contribution in [2.24, 2.45) is 0 Å². The molecule has 0 aliphatic carbocycles. The highest BCUT2D eigenvalue weighted by Gasteiger charge is 2.37. The summed E-state index contributed by atoms with van der Waals surface area (Å²) in [6, 6.07) is 0. The van der Waals surface area contributed by atoms with Crippen molar-refractivity contribution in [1.29, 1.82) is 0 Å². The van der Waals surface area contributed by atoms with E-state index in [2.05, 4.69) is 9.97 Å². The molecule has 15 heavy (non-hydrogen) atoms. The van der Waals surface area contributed by atoms with Crippen molar-refractivity contribution in [1.82, 2.24) is 9.97 Å². The summed E-state index contributed by atoms with van der Waals surface area (Å²) in [5.41, 5.74) is 0.0533. The Labute approximate surface area is 98.7 Å². The third-order valence-corrected chi connectivity index (χ3v) is 2.03. The molecule has 0 spiro atoms. The molecular weight excluding hydrogens is 268 g/mol. The quantitative estimate of drug-likeness (QED) is 0.387. The zero-order valence-corrected chi connectivity index (χ0v) is 9.52. The van der Waals surface area contributed by atoms with Crippen LogP contribution in [0.3, 0.4) is 0 Å². The maximum absolute atomic E-state index is 11.3. The van der Waals surface area contributed by atoms with Crippen LogP contribution in [-0.2, 0) is 0 Å². The van der Waals surface area contributed by atoms with Gasteiger partial charge in [0.25, 0.3) is 15.4 Å². The van der Waals surface area contributed by atoms with E-state index in [0.29, 0.717) is 0 Å². The van der Waals surface area contributed by atoms with Crippen molar-refractivity contribution in [2.75, 3.05) is 0 Å². The number of hydrogen-bond acceptors (Lipinski definition) is 4. The molecule has 1 rings (SSSR count). The van der Waals surface area contributed by atoms with Crippen molar-refractivity contribution >= 4 is 46.4 Å². The number of imidazole rings is 1. The molecule has 1 N–H and O–H groups in total. The first kappa shape index (κ1) is 12.2. The third-order valence-electron chi connectivity index (χ3n) is 1.51. The average molecular weight is 272 g/mol. The highest BCUT2D eigenvalue weighted by Crippen LogP contribution is 2.30. The van der Waals surface area contributed by atoms with Crippen molar-refractivity contribution in [3.63, 3.8) is 0 Å². The zero-order valence-electron chi connectivity index (χ0n) is 7.25. The lowest BCUT2D eigenvalue weighted by Gasteiger charge is -2.03. The molecule has 9 heteroatoms. The summed E-state index contributed by atoms with van der Waals surface area (Å²) in [7, 11) is 0. The smallest absolute Gasteiger partial charge is 0.343 e. The van der Waals surface area contributed by atoms with E-state index in [0.717, 1.165) is 0 Å². The van der Waals surface area contributed by atoms with Gasteiger partial charge in [-0.05, 0) is 11.8 Å². The Morgan fingerprint density at radius 2 is 2.07 bits per heavy atom. The Morgan fingerprint density at radius 1 is 1.53 bits per heavy atom. The molecule has 6 nitrogen and oxygen atoms in total. The lowest BCUT2D eigenvalue weighted by atomic mass is 10.4. The number of carbonyl (C=O) groups is 1. The first-order chi connectivity index (χ1) is 6.73. The molecule has 0 aliphatic heterocycles. The van der Waals surface area contributed by atoms with E-state index in [4.69, 9.17) is 34.8 Å². The molecule has 0 fully saturated rings. The van der Waals surface area contributed by atoms with E-state index in [-0.39, 0.29) is 11.5 Å². The molecule has 0 amide bonds. The van der Waals surface area contributed by atoms with Crippen LogP contribution < -0.4 is 0 Å². The Morgan fingerprint density at radius 3 is 2.40 bits per heavy atom. The van der Waals surface area contributed by atoms with Gasteiger partial charge < -0.3 is 10.1 Å². The Bertz CT molecular complexity index is 423. The molecule has 1 aromatic heterocycles. The number of Topliss-reactive ketones (excluding diaryl/α,β-unsaturated/α-hetero) is 1. The number of hydrogen-bond donors (Lipinski definition) is 1. The van der Waals surface area contributed by atoms with Crippen LogP contribution in [0.1, 0.15) is 16.3 Å². The van der Waals surface area contributed by atoms with Crippen LogP contribution >= 0.6 is 34.8 Å². The number of nitrogens with one attached hydrogen (secondary N) is 1. The number of H-pyrrole nitrogens is 1. The Kier molecular flexibility index (Phi) is 3.22. The zero-order chi connectivity index (χ0) is 11.8. The molecule has 1 heterocycles. The van der Waals surface area contributed by atoms with Gasteiger partial charge in [0.05, 0.1) is 0 Å². The summed E-state index contributed by atoms with van der Waals surface area (Å²) in [4.78, 5) is 26.8. The summed E-state index contributed by atoms with van der Waals surface area (Å²) < 4.78 is -2.18. The molecule has 0 aromatic carbocycles. The van der Waals surface area contributed by atoms with Gasteiger partial charge in [0, 0.05) is 0 Å². The normalized spacial score (nSPS) is 11.5. The number of nitro groups is 1. The van der Waals surface area contributed by atoms with E-state index in [1.807, 2.05) is 0 Å². The fourth-order valence-corrected chi connectivity index (χ4v) is 1.14. The minimum atomic E-state index is -2.18. The number of alkyl halides is 3. The molecule has 0 unspecified atom stereocenters. The summed E-state index contributed by atoms with van der Waals surface area (Å²) in [6.07, 6.45) is 0. The van der Waals surface area contributed by atoms with E-state index in [1.165, 1.54) is 6.92 Å². The molecule has 0 atom stereocenters. The van der Waals surface area contributed by atoms with Crippen LogP contribution in [0.25, 0.3) is 0 Å². The maximum Gasteiger partial charge on any atom is 0.343 e. The largest absolute Gasteiger partial charge is 0.358 e. The molecule has 82 valence electrons. The highest BCUT2D eigenvalue weighted by atomic mass is 35.6. The van der Waals surface area contributed by atoms with E-state index in [9.17, 15) is 14.9 Å². The summed E-state index contributed by atoms with van der Waals surface area (Å²) in [6.45, 7) is 1.36. The highest BCUT2D eigenvalue weighted by molar-refractivity contribution is 6.77. The molecular formula is C6H4Cl3N3O3. The number of ketones is 1. The molecule has 0 saturated heterocycles. The van der Waals surface area contributed by atoms with Crippen molar-refractivity contribution < 1.29 is 9.72 Å². The van der Waals surface area contributed by atoms with Crippen LogP contribution in [0.5, 0.6) is 0 Å². The van der Waals surface area contributed by atoms with Gasteiger partial charge in [-0.25, -0.2) is 9.97 Å². The van der Waals surface area contributed by atoms with Gasteiger partial charge in [-0.15, -0.1) is 0 Å². The van der Waals surface area contributed by atoms with Crippen LogP contribution in [0.2, 0.25) is 0 Å². The second kappa shape index (κ2) is 3.96. The SMILES string of the molecule is Cc1nc(C(=O)C(Cl)(Cl)Cl)[nH]c1[N+](=O)[O-]. The van der Waals surface area contributed by atoms with Crippen LogP contribution in [0, 0.1) is 17.0 Å². The predicted molar refractivity (Wildman–Crippen MR) is 54.6 cm³/mol. The third kappa shape index (κ3) is 2.58. The topological polar surface area (TPSA) is 88.9 Å². The average Bonchev–Trinajstić information content (AvgIpc) is 2.44. The van der Waals surface area contributed by atoms with Gasteiger partial charge in [-0.1, -0.05) is 34.8 Å². The molecule has 0 saturated carbocycles. The van der Waals surface area contributed by atoms with Gasteiger partial charge in [0.15, 0.2) is 0 Å². The second-order valence-corrected chi connectivity index (χ2v) is 4.88. The van der Waals surface area contributed by atoms with E-state index >= 15 is 0 Å². The van der Waals surface area contributed by atoms with Crippen LogP contribution in [0.15, 0.2) is 0 Å². The van der Waals surface area contributed by atoms with Crippen LogP contribution in [-0.4, -0.2) is 24.5 Å². The number of rotatable bonds is 2. The Balaban J connectivity index is 3.14. The minimum absolute atomic E-state index is 0.0533. The minimum Gasteiger partial charge on any atom is -0.358 e. The molecule has 0 aliphatic rings. The van der Waals surface area contributed by atoms with Crippen molar-refractivity contribution in [2.45, 2.75) is 10.7 Å². The maximum atomic E-state index is 11.3. The number of nitrogens with zero attached hydrogens (tertiary/aromatic N) is 2. The number of aryl methyl sites for hydroxylation is 1. The van der Waals surface area contributed by atoms with E-state index < -0.39 is 20.3 Å². The molecule has 0 bridgehead atoms. The van der Waals surface area contributed by atoms with Crippen molar-refractivity contribution in [3.05, 3.63) is 21.6 Å². The number of carbonyl (C=O) groups excluding carboxylic acids is 1. The molecule has 1 aromatic rings. The fourth-order valence-electron chi connectivity index (χ4n) is 0.871. The van der Waals surface area contributed by atoms with Gasteiger partial charge in [0.2, 0.25) is 0 Å². The lowest BCUT2D eigenvalue weighted by molar-refractivity contribution is -0.389. The Hall–Kier alpha value is -0.850. The first-order valence-electron chi connectivity index (χ1n) is 3.56. The fraction of sp³-hybridized carbons (Fsp3) is 0.333. The number of halogens is 3. The summed E-state index contributed by atoms with van der Waals surface area (Å²) in [5.74, 6) is -1.68. The van der Waals surface area contributed by atoms with Crippen molar-refractivity contribution in [3.8, 4) is 0 Å². The monoisotopic (exact) mass is 271 g/mol. The summed E-state index contributed by atoms with van der Waals surface area (Å²) >= 11 is 15.9. The number of aromatic nitrogens is 2. The molecule has 0 radical (unpaired) electrons. The van der Waals surface area contributed by atoms with Gasteiger partial charge in [0.1, 0.15) is 5.69 Å². The second-order valence-electron chi connectivity index (χ2n) is 2.60. The van der Waals surface area contributed by atoms with E-state index in [1.54, 1.807) is 0 Å². The van der Waals surface area contributed by atoms with Gasteiger partial charge >= 0.3 is 5.82 Å². The summed E-state index contributed by atoms with van der Waals surface area (Å²) in [5, 5.41) is 10.4. The first-order valence-corrected chi connectivity index (χ1v) is 4.69. The van der Waals surface area contributed by atoms with Gasteiger partial charge in [-0.3, -0.25) is 4.79 Å². The van der Waals surface area contributed by atoms with Crippen LogP contribution in [0.4, 0.5) is 5.82 Å². The standard InChI is InChI=1S/C6H4Cl3N3O3/c1-2-5(12(14)15)11-4(10-2)3(13)6(7,8)9/h1H3,(H,10,11). The van der Waals surface area contributed by atoms with Gasteiger partial charge in [-0.2, -0.15) is 0 Å².